The van der Waals surface area contributed by atoms with Crippen LogP contribution >= 0.6 is 35.0 Å². The summed E-state index contributed by atoms with van der Waals surface area (Å²) >= 11 is 12.3. The van der Waals surface area contributed by atoms with Gasteiger partial charge in [-0.1, -0.05) is 46.8 Å². The van der Waals surface area contributed by atoms with Crippen molar-refractivity contribution in [1.82, 2.24) is 0 Å². The van der Waals surface area contributed by atoms with E-state index in [0.29, 0.717) is 11.8 Å². The summed E-state index contributed by atoms with van der Waals surface area (Å²) in [6, 6.07) is 3.85. The van der Waals surface area contributed by atoms with Crippen molar-refractivity contribution in [2.45, 2.75) is 36.0 Å². The second kappa shape index (κ2) is 8.83. The fourth-order valence-corrected chi connectivity index (χ4v) is 4.10. The lowest BCUT2D eigenvalue weighted by atomic mass is 10.1. The largest absolute Gasteiger partial charge is 0.417 e. The molecule has 0 fully saturated rings. The van der Waals surface area contributed by atoms with Crippen LogP contribution in [0.25, 0.3) is 0 Å². The van der Waals surface area contributed by atoms with Gasteiger partial charge >= 0.3 is 12.4 Å². The van der Waals surface area contributed by atoms with Crippen LogP contribution in [0.2, 0.25) is 10.0 Å². The van der Waals surface area contributed by atoms with Gasteiger partial charge in [0.05, 0.1) is 22.3 Å². The summed E-state index contributed by atoms with van der Waals surface area (Å²) in [5.41, 5.74) is -2.94. The van der Waals surface area contributed by atoms with Crippen molar-refractivity contribution in [2.24, 2.45) is 0 Å². The molecular formula is C20H10Cl2F6S. The summed E-state index contributed by atoms with van der Waals surface area (Å²) in [4.78, 5) is -0.123. The van der Waals surface area contributed by atoms with Gasteiger partial charge in [0, 0.05) is 19.8 Å². The molecule has 0 N–H and O–H groups in total. The first-order chi connectivity index (χ1) is 13.4. The van der Waals surface area contributed by atoms with Crippen LogP contribution in [0.1, 0.15) is 36.1 Å². The van der Waals surface area contributed by atoms with Gasteiger partial charge in [-0.25, -0.2) is 0 Å². The summed E-state index contributed by atoms with van der Waals surface area (Å²) < 4.78 is 80.6. The molecule has 2 aromatic carbocycles. The topological polar surface area (TPSA) is 0 Å². The molecule has 0 aliphatic heterocycles. The molecule has 0 saturated carbocycles. The molecule has 0 aromatic heterocycles. The fraction of sp³-hybridized carbons (Fsp3) is 0.200. The van der Waals surface area contributed by atoms with E-state index in [2.05, 4.69) is 23.7 Å². The Hall–Kier alpha value is -1.93. The highest BCUT2D eigenvalue weighted by Gasteiger charge is 2.36. The Kier molecular flexibility index (Phi) is 7.11. The van der Waals surface area contributed by atoms with E-state index in [0.717, 1.165) is 12.1 Å². The molecule has 0 bridgehead atoms. The second-order valence-corrected chi connectivity index (χ2v) is 7.46. The monoisotopic (exact) mass is 466 g/mol. The Balaban J connectivity index is 2.80. The van der Waals surface area contributed by atoms with Gasteiger partial charge in [0.25, 0.3) is 0 Å². The van der Waals surface area contributed by atoms with Crippen molar-refractivity contribution in [3.05, 3.63) is 56.6 Å². The molecule has 2 rings (SSSR count). The van der Waals surface area contributed by atoms with Crippen LogP contribution in [0.3, 0.4) is 0 Å². The van der Waals surface area contributed by atoms with Gasteiger partial charge in [-0.2, -0.15) is 26.3 Å². The highest BCUT2D eigenvalue weighted by molar-refractivity contribution is 7.99. The predicted octanol–water partition coefficient (Wildman–Crippen LogP) is 7.93. The Labute approximate surface area is 177 Å². The average Bonchev–Trinajstić information content (AvgIpc) is 2.57. The van der Waals surface area contributed by atoms with E-state index in [1.165, 1.54) is 26.0 Å². The van der Waals surface area contributed by atoms with Crippen LogP contribution in [0.15, 0.2) is 34.1 Å². The zero-order chi connectivity index (χ0) is 22.0. The van der Waals surface area contributed by atoms with E-state index in [-0.39, 0.29) is 19.8 Å². The van der Waals surface area contributed by atoms with Crippen molar-refractivity contribution >= 4 is 35.0 Å². The van der Waals surface area contributed by atoms with E-state index >= 15 is 0 Å². The van der Waals surface area contributed by atoms with Crippen LogP contribution in [0, 0.1) is 23.7 Å². The van der Waals surface area contributed by atoms with Crippen molar-refractivity contribution in [2.75, 3.05) is 0 Å². The summed E-state index contributed by atoms with van der Waals surface area (Å²) in [5, 5.41) is -0.467. The van der Waals surface area contributed by atoms with E-state index in [4.69, 9.17) is 23.2 Å². The van der Waals surface area contributed by atoms with Gasteiger partial charge in [-0.15, -0.1) is 11.8 Å². The molecular weight excluding hydrogens is 457 g/mol. The number of alkyl halides is 6. The minimum Gasteiger partial charge on any atom is -0.166 e. The van der Waals surface area contributed by atoms with Gasteiger partial charge in [0.1, 0.15) is 0 Å². The first kappa shape index (κ1) is 23.3. The van der Waals surface area contributed by atoms with Crippen LogP contribution in [0.4, 0.5) is 26.3 Å². The average molecular weight is 467 g/mol. The fourth-order valence-electron chi connectivity index (χ4n) is 2.40. The second-order valence-electron chi connectivity index (χ2n) is 5.50. The van der Waals surface area contributed by atoms with Gasteiger partial charge in [0.15, 0.2) is 0 Å². The van der Waals surface area contributed by atoms with E-state index in [1.807, 2.05) is 0 Å². The molecule has 0 aliphatic carbocycles. The summed E-state index contributed by atoms with van der Waals surface area (Å²) in [6.07, 6.45) is -9.51. The maximum Gasteiger partial charge on any atom is 0.417 e. The molecule has 0 aliphatic rings. The van der Waals surface area contributed by atoms with Crippen LogP contribution in [0.5, 0.6) is 0 Å². The molecule has 0 saturated heterocycles. The summed E-state index contributed by atoms with van der Waals surface area (Å²) in [6.45, 7) is 2.69. The highest BCUT2D eigenvalue weighted by atomic mass is 35.5. The molecule has 2 aromatic rings. The van der Waals surface area contributed by atoms with Crippen LogP contribution < -0.4 is 0 Å². The molecule has 0 radical (unpaired) electrons. The summed E-state index contributed by atoms with van der Waals surface area (Å²) in [7, 11) is 0. The van der Waals surface area contributed by atoms with Crippen LogP contribution in [-0.2, 0) is 12.4 Å². The Bertz CT molecular complexity index is 978. The van der Waals surface area contributed by atoms with Crippen molar-refractivity contribution in [3.63, 3.8) is 0 Å². The summed E-state index contributed by atoms with van der Waals surface area (Å²) in [5.74, 6) is 9.51. The Morgan fingerprint density at radius 3 is 1.31 bits per heavy atom. The lowest BCUT2D eigenvalue weighted by Gasteiger charge is -2.17. The SMILES string of the molecule is CC#Cc1c(Sc2cc(Cl)cc(C(F)(F)F)c2C#CC)cc(Cl)cc1C(F)(F)F. The first-order valence-electron chi connectivity index (χ1n) is 7.73. The van der Waals surface area contributed by atoms with Crippen LogP contribution in [-0.4, -0.2) is 0 Å². The van der Waals surface area contributed by atoms with Crippen molar-refractivity contribution < 1.29 is 26.3 Å². The zero-order valence-electron chi connectivity index (χ0n) is 14.7. The molecule has 9 heteroatoms. The Morgan fingerprint density at radius 2 is 1.03 bits per heavy atom. The quantitative estimate of drug-likeness (QED) is 0.319. The molecule has 0 unspecified atom stereocenters. The lowest BCUT2D eigenvalue weighted by molar-refractivity contribution is -0.138. The maximum atomic E-state index is 13.4. The van der Waals surface area contributed by atoms with Gasteiger partial charge < -0.3 is 0 Å². The number of hydrogen-bond acceptors (Lipinski definition) is 1. The number of halogens is 8. The minimum absolute atomic E-state index is 0.0614. The molecule has 0 spiro atoms. The first-order valence-corrected chi connectivity index (χ1v) is 9.30. The third-order valence-corrected chi connectivity index (χ3v) is 4.98. The number of rotatable bonds is 2. The Morgan fingerprint density at radius 1 is 0.690 bits per heavy atom. The standard InChI is InChI=1S/C20H10Cl2F6S/c1-3-5-13-15(19(23,24)25)7-11(21)9-17(13)29-18-10-12(22)8-16(20(26,27)28)14(18)6-4-2/h7-10H,1-2H3. The third kappa shape index (κ3) is 5.57. The molecule has 0 atom stereocenters. The maximum absolute atomic E-state index is 13.4. The predicted molar refractivity (Wildman–Crippen MR) is 102 cm³/mol. The lowest BCUT2D eigenvalue weighted by Crippen LogP contribution is -2.10. The minimum atomic E-state index is -4.75. The van der Waals surface area contributed by atoms with Gasteiger partial charge in [0.2, 0.25) is 0 Å². The van der Waals surface area contributed by atoms with Crippen molar-refractivity contribution in [3.8, 4) is 23.7 Å². The number of benzene rings is 2. The highest BCUT2D eigenvalue weighted by Crippen LogP contribution is 2.44. The normalized spacial score (nSPS) is 11.4. The van der Waals surface area contributed by atoms with Gasteiger partial charge in [-0.3, -0.25) is 0 Å². The zero-order valence-corrected chi connectivity index (χ0v) is 17.1. The van der Waals surface area contributed by atoms with E-state index < -0.39 is 34.6 Å². The molecule has 0 heterocycles. The van der Waals surface area contributed by atoms with Gasteiger partial charge in [-0.05, 0) is 38.1 Å². The smallest absolute Gasteiger partial charge is 0.166 e. The van der Waals surface area contributed by atoms with E-state index in [1.54, 1.807) is 0 Å². The third-order valence-electron chi connectivity index (χ3n) is 3.46. The molecule has 0 amide bonds. The van der Waals surface area contributed by atoms with Crippen molar-refractivity contribution in [1.29, 1.82) is 0 Å². The number of hydrogen-bond donors (Lipinski definition) is 0. The molecule has 152 valence electrons. The molecule has 29 heavy (non-hydrogen) atoms. The van der Waals surface area contributed by atoms with E-state index in [9.17, 15) is 26.3 Å². The molecule has 0 nitrogen and oxygen atoms in total.